The summed E-state index contributed by atoms with van der Waals surface area (Å²) in [6, 6.07) is 0. The van der Waals surface area contributed by atoms with Gasteiger partial charge >= 0.3 is 0 Å². The highest BCUT2D eigenvalue weighted by Crippen LogP contribution is 2.23. The van der Waals surface area contributed by atoms with E-state index in [2.05, 4.69) is 67.9 Å². The number of nitrogens with zero attached hydrogens (tertiary/aromatic N) is 6. The second kappa shape index (κ2) is 11.3. The third-order valence-electron chi connectivity index (χ3n) is 7.22. The number of aryl methyl sites for hydroxylation is 4. The number of imidazole rings is 2. The number of hydrazone groups is 1. The van der Waals surface area contributed by atoms with Crippen molar-refractivity contribution in [1.82, 2.24) is 23.8 Å². The minimum absolute atomic E-state index is 0. The van der Waals surface area contributed by atoms with Gasteiger partial charge in [-0.05, 0) is 95.7 Å². The highest BCUT2D eigenvalue weighted by atomic mass is 127. The Hall–Kier alpha value is -2.75. The van der Waals surface area contributed by atoms with E-state index < -0.39 is 0 Å². The lowest BCUT2D eigenvalue weighted by Gasteiger charge is -2.13. The molecule has 4 aromatic heterocycles. The van der Waals surface area contributed by atoms with E-state index in [0.29, 0.717) is 5.69 Å². The Kier molecular flexibility index (Phi) is 9.22. The lowest BCUT2D eigenvalue weighted by molar-refractivity contribution is 0.111. The minimum Gasteiger partial charge on any atom is -0.300 e. The first-order valence-electron chi connectivity index (χ1n) is 11.6. The predicted octanol–water partition coefficient (Wildman–Crippen LogP) is 5.85. The molecule has 7 nitrogen and oxygen atoms in total. The average Bonchev–Trinajstić information content (AvgIpc) is 3.47. The fraction of sp³-hybridized carbons (Fsp3) is 0.407. The molecule has 188 valence electrons. The standard InChI is InChI=1S/C15H22N4.C12H14N2O.HI/c1-7-18(6)17-9-14-8-16-15-12(4)10(2)11(3)13(5)19(14)15;1-7-8(2)10(4)14-11(6-15)5-13-12(14)9(7)3;/h8-9H,7H2,1-6H3;5-6H,1-4H3;1H/b17-9-;;. The molecule has 0 aromatic carbocycles. The van der Waals surface area contributed by atoms with Crippen LogP contribution in [0.25, 0.3) is 11.3 Å². The van der Waals surface area contributed by atoms with Gasteiger partial charge in [-0.25, -0.2) is 9.97 Å². The maximum absolute atomic E-state index is 10.9. The fourth-order valence-corrected chi connectivity index (χ4v) is 4.15. The van der Waals surface area contributed by atoms with Crippen molar-refractivity contribution >= 4 is 47.8 Å². The molecule has 0 aliphatic heterocycles. The van der Waals surface area contributed by atoms with Crippen LogP contribution in [0.3, 0.4) is 0 Å². The van der Waals surface area contributed by atoms with E-state index in [1.807, 2.05) is 42.7 Å². The summed E-state index contributed by atoms with van der Waals surface area (Å²) in [6.45, 7) is 19.8. The molecule has 0 bridgehead atoms. The monoisotopic (exact) mass is 588 g/mol. The molecule has 0 saturated heterocycles. The van der Waals surface area contributed by atoms with Gasteiger partial charge in [-0.15, -0.1) is 24.0 Å². The highest BCUT2D eigenvalue weighted by Gasteiger charge is 2.13. The summed E-state index contributed by atoms with van der Waals surface area (Å²) in [5, 5.41) is 6.31. The number of pyridine rings is 2. The first-order chi connectivity index (χ1) is 16.0. The van der Waals surface area contributed by atoms with Crippen molar-refractivity contribution in [2.24, 2.45) is 5.10 Å². The molecule has 0 fully saturated rings. The van der Waals surface area contributed by atoms with E-state index in [0.717, 1.165) is 41.1 Å². The molecule has 0 unspecified atom stereocenters. The molecule has 0 atom stereocenters. The van der Waals surface area contributed by atoms with E-state index in [9.17, 15) is 4.79 Å². The van der Waals surface area contributed by atoms with Crippen LogP contribution in [-0.4, -0.2) is 49.9 Å². The summed E-state index contributed by atoms with van der Waals surface area (Å²) < 4.78 is 4.11. The van der Waals surface area contributed by atoms with Crippen molar-refractivity contribution in [1.29, 1.82) is 0 Å². The molecule has 0 spiro atoms. The molecule has 4 heterocycles. The summed E-state index contributed by atoms with van der Waals surface area (Å²) in [7, 11) is 1.97. The second-order valence-corrected chi connectivity index (χ2v) is 8.94. The van der Waals surface area contributed by atoms with Crippen molar-refractivity contribution in [3.63, 3.8) is 0 Å². The Morgan fingerprint density at radius 2 is 1.20 bits per heavy atom. The summed E-state index contributed by atoms with van der Waals surface area (Å²) in [5.74, 6) is 0. The van der Waals surface area contributed by atoms with Crippen LogP contribution in [0.15, 0.2) is 17.5 Å². The molecule has 8 heteroatoms. The van der Waals surface area contributed by atoms with E-state index in [1.54, 1.807) is 6.20 Å². The third-order valence-corrected chi connectivity index (χ3v) is 7.22. The number of aldehydes is 1. The lowest BCUT2D eigenvalue weighted by Crippen LogP contribution is -2.10. The van der Waals surface area contributed by atoms with Crippen LogP contribution < -0.4 is 0 Å². The smallest absolute Gasteiger partial charge is 0.168 e. The minimum atomic E-state index is 0. The van der Waals surface area contributed by atoms with Crippen molar-refractivity contribution < 1.29 is 4.79 Å². The molecule has 0 radical (unpaired) electrons. The number of aromatic nitrogens is 4. The second-order valence-electron chi connectivity index (χ2n) is 8.94. The summed E-state index contributed by atoms with van der Waals surface area (Å²) in [6.07, 6.45) is 6.24. The van der Waals surface area contributed by atoms with Gasteiger partial charge in [0.25, 0.3) is 0 Å². The molecule has 0 amide bonds. The normalized spacial score (nSPS) is 11.0. The number of rotatable bonds is 4. The van der Waals surface area contributed by atoms with Gasteiger partial charge in [0, 0.05) is 25.0 Å². The van der Waals surface area contributed by atoms with Crippen molar-refractivity contribution in [2.45, 2.75) is 62.3 Å². The molecular formula is C27H37IN6O. The van der Waals surface area contributed by atoms with Crippen LogP contribution in [0.2, 0.25) is 0 Å². The zero-order valence-corrected chi connectivity index (χ0v) is 24.8. The Morgan fingerprint density at radius 3 is 1.63 bits per heavy atom. The molecule has 0 aliphatic carbocycles. The van der Waals surface area contributed by atoms with Crippen molar-refractivity contribution in [3.05, 3.63) is 68.6 Å². The molecular weight excluding hydrogens is 551 g/mol. The van der Waals surface area contributed by atoms with Crippen LogP contribution in [0.1, 0.15) is 67.9 Å². The Labute approximate surface area is 225 Å². The van der Waals surface area contributed by atoms with Crippen LogP contribution in [0, 0.1) is 55.4 Å². The Balaban J connectivity index is 0.000000246. The number of fused-ring (bicyclic) bond motifs is 2. The summed E-state index contributed by atoms with van der Waals surface area (Å²) >= 11 is 0. The van der Waals surface area contributed by atoms with Gasteiger partial charge in [-0.2, -0.15) is 5.10 Å². The third kappa shape index (κ3) is 5.12. The van der Waals surface area contributed by atoms with Gasteiger partial charge in [0.1, 0.15) is 17.0 Å². The van der Waals surface area contributed by atoms with Gasteiger partial charge in [0.2, 0.25) is 0 Å². The van der Waals surface area contributed by atoms with E-state index in [4.69, 9.17) is 0 Å². The van der Waals surface area contributed by atoms with Gasteiger partial charge < -0.3 is 5.01 Å². The summed E-state index contributed by atoms with van der Waals surface area (Å²) in [5.41, 5.74) is 13.4. The van der Waals surface area contributed by atoms with Gasteiger partial charge in [-0.1, -0.05) is 0 Å². The largest absolute Gasteiger partial charge is 0.300 e. The first-order valence-corrected chi connectivity index (χ1v) is 11.6. The molecule has 4 aromatic rings. The van der Waals surface area contributed by atoms with Gasteiger partial charge in [0.15, 0.2) is 6.29 Å². The number of halogens is 1. The van der Waals surface area contributed by atoms with Gasteiger partial charge in [-0.3, -0.25) is 13.6 Å². The van der Waals surface area contributed by atoms with Crippen LogP contribution >= 0.6 is 24.0 Å². The molecule has 0 aliphatic rings. The van der Waals surface area contributed by atoms with Crippen LogP contribution in [0.4, 0.5) is 0 Å². The fourth-order valence-electron chi connectivity index (χ4n) is 4.15. The quantitative estimate of drug-likeness (QED) is 0.130. The lowest BCUT2D eigenvalue weighted by atomic mass is 10.0. The zero-order chi connectivity index (χ0) is 25.3. The number of carbonyl (C=O) groups excluding carboxylic acids is 1. The van der Waals surface area contributed by atoms with E-state index >= 15 is 0 Å². The first kappa shape index (κ1) is 28.5. The highest BCUT2D eigenvalue weighted by molar-refractivity contribution is 14.0. The summed E-state index contributed by atoms with van der Waals surface area (Å²) in [4.78, 5) is 19.7. The maximum atomic E-state index is 10.9. The maximum Gasteiger partial charge on any atom is 0.168 e. The number of hydrogen-bond donors (Lipinski definition) is 0. The SMILES string of the molecule is CCN(C)/N=C\c1cnc2c(C)c(C)c(C)c(C)n12.Cc1c(C)c(C)n2c(C=O)cnc2c1C.I. The molecule has 0 N–H and O–H groups in total. The number of hydrogen-bond acceptors (Lipinski definition) is 5. The predicted molar refractivity (Wildman–Crippen MR) is 155 cm³/mol. The topological polar surface area (TPSA) is 67.3 Å². The molecule has 35 heavy (non-hydrogen) atoms. The Bertz CT molecular complexity index is 1410. The van der Waals surface area contributed by atoms with Crippen molar-refractivity contribution in [2.75, 3.05) is 13.6 Å². The average molecular weight is 589 g/mol. The zero-order valence-electron chi connectivity index (χ0n) is 22.5. The van der Waals surface area contributed by atoms with E-state index in [1.165, 1.54) is 33.5 Å². The van der Waals surface area contributed by atoms with Crippen LogP contribution in [0.5, 0.6) is 0 Å². The van der Waals surface area contributed by atoms with Gasteiger partial charge in [0.05, 0.1) is 24.3 Å². The van der Waals surface area contributed by atoms with Crippen molar-refractivity contribution in [3.8, 4) is 0 Å². The van der Waals surface area contributed by atoms with Crippen LogP contribution in [-0.2, 0) is 0 Å². The molecule has 4 rings (SSSR count). The molecule has 0 saturated carbocycles. The van der Waals surface area contributed by atoms with E-state index in [-0.39, 0.29) is 24.0 Å². The number of carbonyl (C=O) groups is 1. The Morgan fingerprint density at radius 1 is 0.771 bits per heavy atom.